The Morgan fingerprint density at radius 2 is 2.50 bits per heavy atom. The lowest BCUT2D eigenvalue weighted by atomic mass is 10.2. The molecule has 6 heteroatoms. The lowest BCUT2D eigenvalue weighted by molar-refractivity contribution is 0.515. The van der Waals surface area contributed by atoms with Crippen LogP contribution in [-0.2, 0) is 13.6 Å². The lowest BCUT2D eigenvalue weighted by Crippen LogP contribution is -2.29. The molecule has 1 aliphatic heterocycles. The van der Waals surface area contributed by atoms with E-state index in [-0.39, 0.29) is 0 Å². The fourth-order valence-electron chi connectivity index (χ4n) is 1.59. The van der Waals surface area contributed by atoms with E-state index in [9.17, 15) is 0 Å². The molecule has 2 unspecified atom stereocenters. The highest BCUT2D eigenvalue weighted by atomic mass is 32.2. The molecule has 1 aromatic heterocycles. The van der Waals surface area contributed by atoms with Gasteiger partial charge in [0.15, 0.2) is 5.82 Å². The van der Waals surface area contributed by atoms with Gasteiger partial charge in [-0.25, -0.2) is 4.68 Å². The second kappa shape index (κ2) is 4.27. The zero-order chi connectivity index (χ0) is 9.97. The molecule has 0 aliphatic carbocycles. The SMILES string of the molecule is CC1CC(NCc2nnnn2C)CS1. The second-order valence-electron chi connectivity index (χ2n) is 3.68. The third-order valence-corrected chi connectivity index (χ3v) is 3.81. The summed E-state index contributed by atoms with van der Waals surface area (Å²) in [7, 11) is 1.86. The number of nitrogens with one attached hydrogen (secondary N) is 1. The van der Waals surface area contributed by atoms with Gasteiger partial charge in [0.1, 0.15) is 0 Å². The summed E-state index contributed by atoms with van der Waals surface area (Å²) in [5.74, 6) is 2.10. The molecule has 2 rings (SSSR count). The third-order valence-electron chi connectivity index (χ3n) is 2.46. The van der Waals surface area contributed by atoms with E-state index in [2.05, 4.69) is 27.8 Å². The zero-order valence-corrected chi connectivity index (χ0v) is 9.29. The van der Waals surface area contributed by atoms with E-state index in [1.807, 2.05) is 18.8 Å². The topological polar surface area (TPSA) is 55.6 Å². The molecule has 0 radical (unpaired) electrons. The van der Waals surface area contributed by atoms with Crippen LogP contribution in [0, 0.1) is 0 Å². The standard InChI is InChI=1S/C8H15N5S/c1-6-3-7(5-14-6)9-4-8-10-11-12-13(8)2/h6-7,9H,3-5H2,1-2H3. The van der Waals surface area contributed by atoms with E-state index in [0.29, 0.717) is 6.04 Å². The minimum absolute atomic E-state index is 0.617. The average molecular weight is 213 g/mol. The molecule has 5 nitrogen and oxygen atoms in total. The second-order valence-corrected chi connectivity index (χ2v) is 5.15. The third kappa shape index (κ3) is 2.24. The van der Waals surface area contributed by atoms with Crippen LogP contribution in [0.1, 0.15) is 19.2 Å². The molecule has 0 aromatic carbocycles. The van der Waals surface area contributed by atoms with Crippen molar-refractivity contribution >= 4 is 11.8 Å². The number of tetrazole rings is 1. The molecular weight excluding hydrogens is 198 g/mol. The molecule has 0 saturated carbocycles. The van der Waals surface area contributed by atoms with Crippen LogP contribution >= 0.6 is 11.8 Å². The van der Waals surface area contributed by atoms with Gasteiger partial charge in [0, 0.05) is 24.1 Å². The number of nitrogens with zero attached hydrogens (tertiary/aromatic N) is 4. The molecule has 1 N–H and O–H groups in total. The van der Waals surface area contributed by atoms with Gasteiger partial charge in [-0.15, -0.1) is 5.10 Å². The average Bonchev–Trinajstić information content (AvgIpc) is 2.72. The van der Waals surface area contributed by atoms with E-state index in [1.54, 1.807) is 4.68 Å². The molecule has 1 fully saturated rings. The van der Waals surface area contributed by atoms with Crippen molar-refractivity contribution in [2.75, 3.05) is 5.75 Å². The molecule has 14 heavy (non-hydrogen) atoms. The van der Waals surface area contributed by atoms with Crippen LogP contribution in [0.3, 0.4) is 0 Å². The first kappa shape index (κ1) is 9.92. The van der Waals surface area contributed by atoms with Crippen LogP contribution in [0.5, 0.6) is 0 Å². The summed E-state index contributed by atoms with van der Waals surface area (Å²) in [6, 6.07) is 0.617. The minimum Gasteiger partial charge on any atom is -0.306 e. The van der Waals surface area contributed by atoms with E-state index in [1.165, 1.54) is 12.2 Å². The largest absolute Gasteiger partial charge is 0.306 e. The summed E-state index contributed by atoms with van der Waals surface area (Å²) < 4.78 is 1.71. The maximum absolute atomic E-state index is 3.93. The van der Waals surface area contributed by atoms with Crippen LogP contribution in [0.4, 0.5) is 0 Å². The van der Waals surface area contributed by atoms with Gasteiger partial charge in [-0.3, -0.25) is 0 Å². The zero-order valence-electron chi connectivity index (χ0n) is 8.47. The van der Waals surface area contributed by atoms with Gasteiger partial charge in [0.2, 0.25) is 0 Å². The van der Waals surface area contributed by atoms with Crippen molar-refractivity contribution in [1.29, 1.82) is 0 Å². The van der Waals surface area contributed by atoms with Crippen molar-refractivity contribution in [1.82, 2.24) is 25.5 Å². The monoisotopic (exact) mass is 213 g/mol. The number of rotatable bonds is 3. The van der Waals surface area contributed by atoms with Gasteiger partial charge < -0.3 is 5.32 Å². The maximum Gasteiger partial charge on any atom is 0.164 e. The Morgan fingerprint density at radius 1 is 1.64 bits per heavy atom. The molecule has 2 heterocycles. The molecular formula is C8H15N5S. The molecule has 1 aliphatic rings. The van der Waals surface area contributed by atoms with Gasteiger partial charge in [-0.2, -0.15) is 11.8 Å². The van der Waals surface area contributed by atoms with Crippen LogP contribution in [-0.4, -0.2) is 37.3 Å². The lowest BCUT2D eigenvalue weighted by Gasteiger charge is -2.09. The van der Waals surface area contributed by atoms with Crippen LogP contribution in [0.15, 0.2) is 0 Å². The molecule has 0 amide bonds. The molecule has 1 aromatic rings. The Hall–Kier alpha value is -0.620. The molecule has 2 atom stereocenters. The van der Waals surface area contributed by atoms with Crippen molar-refractivity contribution in [3.8, 4) is 0 Å². The van der Waals surface area contributed by atoms with E-state index in [0.717, 1.165) is 17.6 Å². The van der Waals surface area contributed by atoms with Crippen molar-refractivity contribution < 1.29 is 0 Å². The Balaban J connectivity index is 1.80. The van der Waals surface area contributed by atoms with Crippen LogP contribution in [0.2, 0.25) is 0 Å². The number of aryl methyl sites for hydroxylation is 1. The normalized spacial score (nSPS) is 27.0. The maximum atomic E-state index is 3.93. The molecule has 0 spiro atoms. The van der Waals surface area contributed by atoms with Gasteiger partial charge in [0.25, 0.3) is 0 Å². The fraction of sp³-hybridized carbons (Fsp3) is 0.875. The summed E-state index contributed by atoms with van der Waals surface area (Å²) in [5, 5.41) is 15.6. The van der Waals surface area contributed by atoms with Crippen LogP contribution < -0.4 is 5.32 Å². The highest BCUT2D eigenvalue weighted by molar-refractivity contribution is 8.00. The Bertz CT molecular complexity index is 300. The minimum atomic E-state index is 0.617. The smallest absolute Gasteiger partial charge is 0.164 e. The number of hydrogen-bond acceptors (Lipinski definition) is 5. The highest BCUT2D eigenvalue weighted by Gasteiger charge is 2.21. The first-order valence-electron chi connectivity index (χ1n) is 4.82. The van der Waals surface area contributed by atoms with Gasteiger partial charge >= 0.3 is 0 Å². The predicted molar refractivity (Wildman–Crippen MR) is 56.0 cm³/mol. The van der Waals surface area contributed by atoms with E-state index < -0.39 is 0 Å². The van der Waals surface area contributed by atoms with Crippen molar-refractivity contribution in [3.05, 3.63) is 5.82 Å². The summed E-state index contributed by atoms with van der Waals surface area (Å²) >= 11 is 2.03. The van der Waals surface area contributed by atoms with E-state index in [4.69, 9.17) is 0 Å². The van der Waals surface area contributed by atoms with E-state index >= 15 is 0 Å². The molecule has 78 valence electrons. The summed E-state index contributed by atoms with van der Waals surface area (Å²) in [4.78, 5) is 0. The quantitative estimate of drug-likeness (QED) is 0.777. The van der Waals surface area contributed by atoms with Crippen LogP contribution in [0.25, 0.3) is 0 Å². The number of hydrogen-bond donors (Lipinski definition) is 1. The van der Waals surface area contributed by atoms with Crippen molar-refractivity contribution in [2.24, 2.45) is 7.05 Å². The summed E-state index contributed by atoms with van der Waals surface area (Å²) in [6.07, 6.45) is 1.25. The fourth-order valence-corrected chi connectivity index (χ4v) is 2.78. The van der Waals surface area contributed by atoms with Gasteiger partial charge in [0.05, 0.1) is 6.54 Å². The predicted octanol–water partition coefficient (Wildman–Crippen LogP) is 0.194. The van der Waals surface area contributed by atoms with Crippen molar-refractivity contribution in [3.63, 3.8) is 0 Å². The van der Waals surface area contributed by atoms with Gasteiger partial charge in [-0.05, 0) is 16.8 Å². The highest BCUT2D eigenvalue weighted by Crippen LogP contribution is 2.25. The Kier molecular flexibility index (Phi) is 3.02. The van der Waals surface area contributed by atoms with Gasteiger partial charge in [-0.1, -0.05) is 6.92 Å². The number of aromatic nitrogens is 4. The Morgan fingerprint density at radius 3 is 3.07 bits per heavy atom. The molecule has 1 saturated heterocycles. The first-order valence-corrected chi connectivity index (χ1v) is 5.87. The molecule has 0 bridgehead atoms. The first-order chi connectivity index (χ1) is 6.75. The van der Waals surface area contributed by atoms with Crippen molar-refractivity contribution in [2.45, 2.75) is 31.2 Å². The summed E-state index contributed by atoms with van der Waals surface area (Å²) in [6.45, 7) is 3.04. The summed E-state index contributed by atoms with van der Waals surface area (Å²) in [5.41, 5.74) is 0. The Labute approximate surface area is 87.6 Å². The number of thioether (sulfide) groups is 1.